The topological polar surface area (TPSA) is 57.6 Å². The maximum absolute atomic E-state index is 12.4. The highest BCUT2D eigenvalue weighted by Gasteiger charge is 2.23. The highest BCUT2D eigenvalue weighted by molar-refractivity contribution is 5.97. The van der Waals surface area contributed by atoms with Gasteiger partial charge in [0.2, 0.25) is 5.91 Å². The SMILES string of the molecule is O=C(O)CN(C(=O)CC1CCCCC1)c1ccccc1. The molecule has 4 nitrogen and oxygen atoms in total. The summed E-state index contributed by atoms with van der Waals surface area (Å²) < 4.78 is 0. The molecule has 1 amide bonds. The van der Waals surface area contributed by atoms with E-state index in [4.69, 9.17) is 5.11 Å². The molecule has 0 aliphatic heterocycles. The van der Waals surface area contributed by atoms with E-state index in [9.17, 15) is 9.59 Å². The van der Waals surface area contributed by atoms with Gasteiger partial charge in [0.15, 0.2) is 0 Å². The minimum absolute atomic E-state index is 0.0782. The van der Waals surface area contributed by atoms with Crippen LogP contribution in [0.4, 0.5) is 5.69 Å². The second-order valence-electron chi connectivity index (χ2n) is 5.42. The number of para-hydroxylation sites is 1. The number of carboxylic acid groups (broad SMARTS) is 1. The zero-order chi connectivity index (χ0) is 14.4. The number of nitrogens with zero attached hydrogens (tertiary/aromatic N) is 1. The fourth-order valence-corrected chi connectivity index (χ4v) is 2.82. The van der Waals surface area contributed by atoms with Crippen molar-refractivity contribution in [2.75, 3.05) is 11.4 Å². The Bertz CT molecular complexity index is 452. The van der Waals surface area contributed by atoms with Crippen molar-refractivity contribution < 1.29 is 14.7 Å². The lowest BCUT2D eigenvalue weighted by molar-refractivity contribution is -0.136. The molecule has 0 saturated heterocycles. The normalized spacial score (nSPS) is 15.8. The van der Waals surface area contributed by atoms with E-state index in [2.05, 4.69) is 0 Å². The molecule has 1 aliphatic rings. The maximum Gasteiger partial charge on any atom is 0.323 e. The maximum atomic E-state index is 12.4. The number of anilines is 1. The Morgan fingerprint density at radius 3 is 2.35 bits per heavy atom. The predicted molar refractivity (Wildman–Crippen MR) is 77.6 cm³/mol. The number of amides is 1. The summed E-state index contributed by atoms with van der Waals surface area (Å²) >= 11 is 0. The van der Waals surface area contributed by atoms with Gasteiger partial charge in [0.25, 0.3) is 0 Å². The van der Waals surface area contributed by atoms with Crippen LogP contribution in [-0.2, 0) is 9.59 Å². The molecule has 1 fully saturated rings. The fourth-order valence-electron chi connectivity index (χ4n) is 2.82. The molecule has 0 radical (unpaired) electrons. The highest BCUT2D eigenvalue weighted by Crippen LogP contribution is 2.27. The van der Waals surface area contributed by atoms with Gasteiger partial charge < -0.3 is 10.0 Å². The van der Waals surface area contributed by atoms with E-state index in [0.717, 1.165) is 12.8 Å². The van der Waals surface area contributed by atoms with Crippen molar-refractivity contribution in [3.8, 4) is 0 Å². The van der Waals surface area contributed by atoms with Crippen LogP contribution in [0.2, 0.25) is 0 Å². The van der Waals surface area contributed by atoms with Crippen LogP contribution in [0.25, 0.3) is 0 Å². The number of hydrogen-bond donors (Lipinski definition) is 1. The molecule has 2 rings (SSSR count). The molecule has 0 atom stereocenters. The molecule has 0 bridgehead atoms. The summed E-state index contributed by atoms with van der Waals surface area (Å²) in [6, 6.07) is 9.05. The van der Waals surface area contributed by atoms with Crippen LogP contribution in [0.5, 0.6) is 0 Å². The zero-order valence-electron chi connectivity index (χ0n) is 11.6. The molecule has 1 aliphatic carbocycles. The third-order valence-electron chi connectivity index (χ3n) is 3.85. The molecule has 4 heteroatoms. The van der Waals surface area contributed by atoms with Crippen molar-refractivity contribution in [3.05, 3.63) is 30.3 Å². The van der Waals surface area contributed by atoms with Gasteiger partial charge in [-0.05, 0) is 30.9 Å². The lowest BCUT2D eigenvalue weighted by Gasteiger charge is -2.26. The standard InChI is InChI=1S/C16H21NO3/c18-15(11-13-7-3-1-4-8-13)17(12-16(19)20)14-9-5-2-6-10-14/h2,5-6,9-10,13H,1,3-4,7-8,11-12H2,(H,19,20). The van der Waals surface area contributed by atoms with Gasteiger partial charge in [0.1, 0.15) is 6.54 Å². The first-order valence-corrected chi connectivity index (χ1v) is 7.24. The largest absolute Gasteiger partial charge is 0.480 e. The molecule has 0 spiro atoms. The van der Waals surface area contributed by atoms with Crippen molar-refractivity contribution in [1.82, 2.24) is 0 Å². The van der Waals surface area contributed by atoms with Crippen LogP contribution >= 0.6 is 0 Å². The van der Waals surface area contributed by atoms with Gasteiger partial charge in [-0.1, -0.05) is 37.5 Å². The van der Waals surface area contributed by atoms with Gasteiger partial charge in [-0.15, -0.1) is 0 Å². The number of benzene rings is 1. The van der Waals surface area contributed by atoms with Gasteiger partial charge in [-0.3, -0.25) is 9.59 Å². The smallest absolute Gasteiger partial charge is 0.323 e. The quantitative estimate of drug-likeness (QED) is 0.898. The lowest BCUT2D eigenvalue weighted by Crippen LogP contribution is -2.36. The minimum atomic E-state index is -0.981. The Morgan fingerprint density at radius 1 is 1.10 bits per heavy atom. The van der Waals surface area contributed by atoms with E-state index in [1.54, 1.807) is 12.1 Å². The van der Waals surface area contributed by atoms with Crippen LogP contribution in [0.3, 0.4) is 0 Å². The summed E-state index contributed by atoms with van der Waals surface area (Å²) in [7, 11) is 0. The van der Waals surface area contributed by atoms with E-state index in [1.807, 2.05) is 18.2 Å². The molecular weight excluding hydrogens is 254 g/mol. The third-order valence-corrected chi connectivity index (χ3v) is 3.85. The van der Waals surface area contributed by atoms with Gasteiger partial charge in [0.05, 0.1) is 0 Å². The molecular formula is C16H21NO3. The Balaban J connectivity index is 2.05. The first-order chi connectivity index (χ1) is 9.66. The van der Waals surface area contributed by atoms with Gasteiger partial charge in [0, 0.05) is 12.1 Å². The summed E-state index contributed by atoms with van der Waals surface area (Å²) in [4.78, 5) is 24.8. The second kappa shape index (κ2) is 7.08. The predicted octanol–water partition coefficient (Wildman–Crippen LogP) is 3.07. The first kappa shape index (κ1) is 14.6. The minimum Gasteiger partial charge on any atom is -0.480 e. The molecule has 1 saturated carbocycles. The number of hydrogen-bond acceptors (Lipinski definition) is 2. The fraction of sp³-hybridized carbons (Fsp3) is 0.500. The molecule has 0 unspecified atom stereocenters. The average Bonchev–Trinajstić information content (AvgIpc) is 2.46. The van der Waals surface area contributed by atoms with Crippen molar-refractivity contribution in [2.24, 2.45) is 5.92 Å². The van der Waals surface area contributed by atoms with Gasteiger partial charge in [-0.2, -0.15) is 0 Å². The van der Waals surface area contributed by atoms with Crippen molar-refractivity contribution in [2.45, 2.75) is 38.5 Å². The Hall–Kier alpha value is -1.84. The lowest BCUT2D eigenvalue weighted by atomic mass is 9.86. The zero-order valence-corrected chi connectivity index (χ0v) is 11.6. The molecule has 1 N–H and O–H groups in total. The van der Waals surface area contributed by atoms with Crippen LogP contribution < -0.4 is 4.90 Å². The molecule has 1 aromatic carbocycles. The summed E-state index contributed by atoms with van der Waals surface area (Å²) in [5.74, 6) is -0.646. The molecule has 0 aromatic heterocycles. The third kappa shape index (κ3) is 4.08. The van der Waals surface area contributed by atoms with Crippen molar-refractivity contribution >= 4 is 17.6 Å². The molecule has 108 valence electrons. The Kier molecular flexibility index (Phi) is 5.16. The average molecular weight is 275 g/mol. The molecule has 20 heavy (non-hydrogen) atoms. The molecule has 0 heterocycles. The summed E-state index contributed by atoms with van der Waals surface area (Å²) in [6.45, 7) is -0.268. The van der Waals surface area contributed by atoms with Crippen LogP contribution in [-0.4, -0.2) is 23.5 Å². The van der Waals surface area contributed by atoms with E-state index >= 15 is 0 Å². The van der Waals surface area contributed by atoms with E-state index in [0.29, 0.717) is 18.0 Å². The molecule has 1 aromatic rings. The van der Waals surface area contributed by atoms with Crippen LogP contribution in [0.15, 0.2) is 30.3 Å². The summed E-state index contributed by atoms with van der Waals surface area (Å²) in [6.07, 6.45) is 6.25. The first-order valence-electron chi connectivity index (χ1n) is 7.24. The van der Waals surface area contributed by atoms with E-state index in [-0.39, 0.29) is 12.5 Å². The van der Waals surface area contributed by atoms with Gasteiger partial charge in [-0.25, -0.2) is 0 Å². The monoisotopic (exact) mass is 275 g/mol. The van der Waals surface area contributed by atoms with Crippen LogP contribution in [0.1, 0.15) is 38.5 Å². The number of carbonyl (C=O) groups is 2. The van der Waals surface area contributed by atoms with Crippen molar-refractivity contribution in [3.63, 3.8) is 0 Å². The Labute approximate surface area is 119 Å². The summed E-state index contributed by atoms with van der Waals surface area (Å²) in [5, 5.41) is 9.01. The van der Waals surface area contributed by atoms with Crippen molar-refractivity contribution in [1.29, 1.82) is 0 Å². The Morgan fingerprint density at radius 2 is 1.75 bits per heavy atom. The van der Waals surface area contributed by atoms with Gasteiger partial charge >= 0.3 is 5.97 Å². The number of carboxylic acids is 1. The number of carbonyl (C=O) groups excluding carboxylic acids is 1. The second-order valence-corrected chi connectivity index (χ2v) is 5.42. The summed E-state index contributed by atoms with van der Waals surface area (Å²) in [5.41, 5.74) is 0.663. The van der Waals surface area contributed by atoms with E-state index < -0.39 is 5.97 Å². The number of rotatable bonds is 5. The number of aliphatic carboxylic acids is 1. The highest BCUT2D eigenvalue weighted by atomic mass is 16.4. The van der Waals surface area contributed by atoms with Crippen LogP contribution in [0, 0.1) is 5.92 Å². The van der Waals surface area contributed by atoms with E-state index in [1.165, 1.54) is 24.2 Å².